The van der Waals surface area contributed by atoms with Crippen molar-refractivity contribution in [2.45, 2.75) is 31.7 Å². The van der Waals surface area contributed by atoms with Gasteiger partial charge in [-0.05, 0) is 43.0 Å². The standard InChI is InChI=1S/C15H24N2O/c1-17(11-12-5-3-4-6-15(12)16)13-7-9-14(18-2)10-8-13/h7-10,12,15H,3-6,11,16H2,1-2H3. The van der Waals surface area contributed by atoms with Crippen molar-refractivity contribution in [3.05, 3.63) is 24.3 Å². The van der Waals surface area contributed by atoms with Gasteiger partial charge in [0.05, 0.1) is 7.11 Å². The fourth-order valence-corrected chi connectivity index (χ4v) is 2.76. The normalized spacial score (nSPS) is 23.7. The van der Waals surface area contributed by atoms with Crippen LogP contribution >= 0.6 is 0 Å². The first-order chi connectivity index (χ1) is 8.70. The lowest BCUT2D eigenvalue weighted by atomic mass is 9.85. The number of anilines is 1. The number of nitrogens with zero attached hydrogens (tertiary/aromatic N) is 1. The number of hydrogen-bond acceptors (Lipinski definition) is 3. The zero-order chi connectivity index (χ0) is 13.0. The van der Waals surface area contributed by atoms with Gasteiger partial charge in [0.1, 0.15) is 5.75 Å². The topological polar surface area (TPSA) is 38.5 Å². The van der Waals surface area contributed by atoms with Gasteiger partial charge >= 0.3 is 0 Å². The minimum absolute atomic E-state index is 0.374. The Bertz CT molecular complexity index is 363. The van der Waals surface area contributed by atoms with Gasteiger partial charge in [0.2, 0.25) is 0 Å². The molecule has 0 radical (unpaired) electrons. The number of rotatable bonds is 4. The molecular formula is C15H24N2O. The summed E-state index contributed by atoms with van der Waals surface area (Å²) in [6.45, 7) is 1.05. The molecule has 0 bridgehead atoms. The highest BCUT2D eigenvalue weighted by molar-refractivity contribution is 5.48. The number of nitrogens with two attached hydrogens (primary N) is 1. The second-order valence-electron chi connectivity index (χ2n) is 5.29. The highest BCUT2D eigenvalue weighted by atomic mass is 16.5. The van der Waals surface area contributed by atoms with Crippen LogP contribution in [-0.4, -0.2) is 26.7 Å². The van der Waals surface area contributed by atoms with Crippen LogP contribution in [0.2, 0.25) is 0 Å². The monoisotopic (exact) mass is 248 g/mol. The summed E-state index contributed by atoms with van der Waals surface area (Å²) in [6.07, 6.45) is 5.07. The van der Waals surface area contributed by atoms with E-state index in [2.05, 4.69) is 24.1 Å². The van der Waals surface area contributed by atoms with Crippen LogP contribution in [0.3, 0.4) is 0 Å². The van der Waals surface area contributed by atoms with Crippen LogP contribution in [0.4, 0.5) is 5.69 Å². The second kappa shape index (κ2) is 6.10. The molecule has 1 aliphatic rings. The largest absolute Gasteiger partial charge is 0.497 e. The molecule has 2 rings (SSSR count). The zero-order valence-corrected chi connectivity index (χ0v) is 11.4. The molecular weight excluding hydrogens is 224 g/mol. The van der Waals surface area contributed by atoms with Gasteiger partial charge in [0, 0.05) is 25.3 Å². The van der Waals surface area contributed by atoms with Gasteiger partial charge in [-0.25, -0.2) is 0 Å². The molecule has 2 N–H and O–H groups in total. The van der Waals surface area contributed by atoms with Crippen LogP contribution in [0.1, 0.15) is 25.7 Å². The Balaban J connectivity index is 1.95. The van der Waals surface area contributed by atoms with Gasteiger partial charge in [0.25, 0.3) is 0 Å². The first-order valence-electron chi connectivity index (χ1n) is 6.81. The molecule has 2 unspecified atom stereocenters. The maximum absolute atomic E-state index is 6.20. The molecule has 1 fully saturated rings. The van der Waals surface area contributed by atoms with Gasteiger partial charge in [-0.1, -0.05) is 12.8 Å². The van der Waals surface area contributed by atoms with Gasteiger partial charge in [-0.3, -0.25) is 0 Å². The van der Waals surface area contributed by atoms with Crippen LogP contribution in [0.25, 0.3) is 0 Å². The first kappa shape index (κ1) is 13.2. The molecule has 0 aromatic heterocycles. The smallest absolute Gasteiger partial charge is 0.119 e. The van der Waals surface area contributed by atoms with E-state index in [0.29, 0.717) is 12.0 Å². The fraction of sp³-hybridized carbons (Fsp3) is 0.600. The molecule has 0 aliphatic heterocycles. The van der Waals surface area contributed by atoms with E-state index in [1.54, 1.807) is 7.11 Å². The van der Waals surface area contributed by atoms with Crippen molar-refractivity contribution in [2.24, 2.45) is 11.7 Å². The molecule has 0 amide bonds. The molecule has 3 heteroatoms. The highest BCUT2D eigenvalue weighted by Gasteiger charge is 2.22. The summed E-state index contributed by atoms with van der Waals surface area (Å²) in [5, 5.41) is 0. The van der Waals surface area contributed by atoms with Crippen molar-refractivity contribution in [2.75, 3.05) is 25.6 Å². The Labute approximate surface area is 110 Å². The number of methoxy groups -OCH3 is 1. The van der Waals surface area contributed by atoms with Gasteiger partial charge in [-0.15, -0.1) is 0 Å². The quantitative estimate of drug-likeness (QED) is 0.890. The Morgan fingerprint density at radius 1 is 1.22 bits per heavy atom. The summed E-state index contributed by atoms with van der Waals surface area (Å²) in [7, 11) is 3.84. The molecule has 1 aliphatic carbocycles. The summed E-state index contributed by atoms with van der Waals surface area (Å²) in [5.74, 6) is 1.53. The van der Waals surface area contributed by atoms with E-state index in [1.165, 1.54) is 31.4 Å². The number of benzene rings is 1. The highest BCUT2D eigenvalue weighted by Crippen LogP contribution is 2.26. The van der Waals surface area contributed by atoms with E-state index < -0.39 is 0 Å². The van der Waals surface area contributed by atoms with Crippen LogP contribution in [0.15, 0.2) is 24.3 Å². The summed E-state index contributed by atoms with van der Waals surface area (Å²) >= 11 is 0. The summed E-state index contributed by atoms with van der Waals surface area (Å²) in [4.78, 5) is 2.30. The molecule has 1 aromatic carbocycles. The van der Waals surface area contributed by atoms with E-state index >= 15 is 0 Å². The molecule has 0 spiro atoms. The third-order valence-electron chi connectivity index (χ3n) is 3.99. The molecule has 0 heterocycles. The predicted octanol–water partition coefficient (Wildman–Crippen LogP) is 2.65. The van der Waals surface area contributed by atoms with Gasteiger partial charge in [-0.2, -0.15) is 0 Å². The van der Waals surface area contributed by atoms with Gasteiger partial charge < -0.3 is 15.4 Å². The van der Waals surface area contributed by atoms with E-state index in [-0.39, 0.29) is 0 Å². The van der Waals surface area contributed by atoms with Crippen LogP contribution in [0, 0.1) is 5.92 Å². The predicted molar refractivity (Wildman–Crippen MR) is 76.2 cm³/mol. The number of hydrogen-bond donors (Lipinski definition) is 1. The van der Waals surface area contributed by atoms with Crippen molar-refractivity contribution < 1.29 is 4.74 Å². The molecule has 100 valence electrons. The Hall–Kier alpha value is -1.22. The average molecular weight is 248 g/mol. The molecule has 2 atom stereocenters. The van der Waals surface area contributed by atoms with Crippen molar-refractivity contribution >= 4 is 5.69 Å². The summed E-state index contributed by atoms with van der Waals surface area (Å²) in [5.41, 5.74) is 7.43. The summed E-state index contributed by atoms with van der Waals surface area (Å²) in [6, 6.07) is 8.60. The maximum atomic E-state index is 6.20. The van der Waals surface area contributed by atoms with E-state index in [4.69, 9.17) is 10.5 Å². The van der Waals surface area contributed by atoms with Crippen molar-refractivity contribution in [3.63, 3.8) is 0 Å². The lowest BCUT2D eigenvalue weighted by Gasteiger charge is -2.33. The maximum Gasteiger partial charge on any atom is 0.119 e. The third-order valence-corrected chi connectivity index (χ3v) is 3.99. The molecule has 1 aromatic rings. The van der Waals surface area contributed by atoms with E-state index in [1.807, 2.05) is 12.1 Å². The second-order valence-corrected chi connectivity index (χ2v) is 5.29. The summed E-state index contributed by atoms with van der Waals surface area (Å²) < 4.78 is 5.18. The van der Waals surface area contributed by atoms with E-state index in [9.17, 15) is 0 Å². The fourth-order valence-electron chi connectivity index (χ4n) is 2.76. The molecule has 3 nitrogen and oxygen atoms in total. The lowest BCUT2D eigenvalue weighted by Crippen LogP contribution is -2.40. The van der Waals surface area contributed by atoms with Gasteiger partial charge in [0.15, 0.2) is 0 Å². The van der Waals surface area contributed by atoms with Crippen LogP contribution in [0.5, 0.6) is 5.75 Å². The molecule has 18 heavy (non-hydrogen) atoms. The minimum atomic E-state index is 0.374. The van der Waals surface area contributed by atoms with Crippen LogP contribution < -0.4 is 15.4 Å². The Morgan fingerprint density at radius 2 is 1.89 bits per heavy atom. The lowest BCUT2D eigenvalue weighted by molar-refractivity contribution is 0.312. The SMILES string of the molecule is COc1ccc(N(C)CC2CCCCC2N)cc1. The zero-order valence-electron chi connectivity index (χ0n) is 11.4. The number of ether oxygens (including phenoxy) is 1. The molecule has 1 saturated carbocycles. The Kier molecular flexibility index (Phi) is 4.48. The first-order valence-corrected chi connectivity index (χ1v) is 6.81. The van der Waals surface area contributed by atoms with Crippen molar-refractivity contribution in [3.8, 4) is 5.75 Å². The van der Waals surface area contributed by atoms with Crippen molar-refractivity contribution in [1.29, 1.82) is 0 Å². The molecule has 0 saturated heterocycles. The average Bonchev–Trinajstić information content (AvgIpc) is 2.41. The van der Waals surface area contributed by atoms with Crippen molar-refractivity contribution in [1.82, 2.24) is 0 Å². The van der Waals surface area contributed by atoms with Crippen LogP contribution in [-0.2, 0) is 0 Å². The minimum Gasteiger partial charge on any atom is -0.497 e. The Morgan fingerprint density at radius 3 is 2.50 bits per heavy atom. The third kappa shape index (κ3) is 3.16. The van der Waals surface area contributed by atoms with E-state index in [0.717, 1.165) is 12.3 Å².